The van der Waals surface area contributed by atoms with Crippen LogP contribution in [0.5, 0.6) is 11.5 Å². The Morgan fingerprint density at radius 1 is 0.870 bits per heavy atom. The van der Waals surface area contributed by atoms with Gasteiger partial charge in [0.15, 0.2) is 0 Å². The summed E-state index contributed by atoms with van der Waals surface area (Å²) < 4.78 is 16.3. The molecule has 1 heterocycles. The van der Waals surface area contributed by atoms with Crippen LogP contribution in [-0.4, -0.2) is 45.4 Å². The van der Waals surface area contributed by atoms with Crippen molar-refractivity contribution in [3.05, 3.63) is 23.8 Å². The first-order chi connectivity index (χ1) is 11.3. The van der Waals surface area contributed by atoms with Crippen molar-refractivity contribution >= 4 is 0 Å². The van der Waals surface area contributed by atoms with Crippen LogP contribution in [-0.2, 0) is 11.3 Å². The molecule has 0 spiro atoms. The molecule has 0 aliphatic carbocycles. The van der Waals surface area contributed by atoms with Crippen LogP contribution >= 0.6 is 0 Å². The summed E-state index contributed by atoms with van der Waals surface area (Å²) in [7, 11) is 3.34. The molecular formula is C19H31NO3. The minimum absolute atomic E-state index is 0.611. The van der Waals surface area contributed by atoms with Crippen LogP contribution in [0.15, 0.2) is 18.2 Å². The van der Waals surface area contributed by atoms with Crippen LogP contribution in [0.4, 0.5) is 0 Å². The zero-order chi connectivity index (χ0) is 16.3. The first-order valence-electron chi connectivity index (χ1n) is 8.84. The fraction of sp³-hybridized carbons (Fsp3) is 0.684. The van der Waals surface area contributed by atoms with E-state index in [9.17, 15) is 0 Å². The molecule has 4 heteroatoms. The van der Waals surface area contributed by atoms with Crippen molar-refractivity contribution in [1.29, 1.82) is 0 Å². The molecule has 0 N–H and O–H groups in total. The van der Waals surface area contributed by atoms with Gasteiger partial charge in [0, 0.05) is 12.7 Å². The zero-order valence-corrected chi connectivity index (χ0v) is 14.7. The van der Waals surface area contributed by atoms with Crippen molar-refractivity contribution in [2.24, 2.45) is 0 Å². The Hall–Kier alpha value is -1.26. The van der Waals surface area contributed by atoms with E-state index in [1.54, 1.807) is 14.2 Å². The molecule has 0 saturated carbocycles. The number of unbranched alkanes of at least 4 members (excludes halogenated alkanes) is 2. The summed E-state index contributed by atoms with van der Waals surface area (Å²) in [6.45, 7) is 5.29. The molecule has 4 nitrogen and oxygen atoms in total. The number of ether oxygens (including phenoxy) is 3. The summed E-state index contributed by atoms with van der Waals surface area (Å²) in [6, 6.07) is 5.88. The lowest BCUT2D eigenvalue weighted by Crippen LogP contribution is -2.30. The number of piperidine rings is 1. The molecule has 0 amide bonds. The molecule has 2 rings (SSSR count). The average molecular weight is 321 g/mol. The van der Waals surface area contributed by atoms with E-state index >= 15 is 0 Å². The third-order valence-electron chi connectivity index (χ3n) is 4.39. The van der Waals surface area contributed by atoms with Crippen LogP contribution in [0.1, 0.15) is 44.1 Å². The molecule has 23 heavy (non-hydrogen) atoms. The number of methoxy groups -OCH3 is 2. The van der Waals surface area contributed by atoms with Crippen molar-refractivity contribution in [3.8, 4) is 11.5 Å². The third kappa shape index (κ3) is 6.80. The first kappa shape index (κ1) is 18.1. The second kappa shape index (κ2) is 10.5. The minimum atomic E-state index is 0.611. The number of likely N-dealkylation sites (tertiary alicyclic amines) is 1. The molecule has 130 valence electrons. The van der Waals surface area contributed by atoms with Crippen LogP contribution in [0.3, 0.4) is 0 Å². The smallest absolute Gasteiger partial charge is 0.122 e. The predicted molar refractivity (Wildman–Crippen MR) is 93.3 cm³/mol. The molecule has 0 radical (unpaired) electrons. The van der Waals surface area contributed by atoms with Gasteiger partial charge in [-0.1, -0.05) is 6.42 Å². The fourth-order valence-electron chi connectivity index (χ4n) is 3.04. The standard InChI is InChI=1S/C19H31NO3/c1-21-18-13-17(14-19(15-18)22-2)16-23-12-8-4-7-11-20-9-5-3-6-10-20/h13-15H,3-12,16H2,1-2H3. The van der Waals surface area contributed by atoms with E-state index in [0.717, 1.165) is 30.1 Å². The van der Waals surface area contributed by atoms with Gasteiger partial charge in [0.1, 0.15) is 11.5 Å². The van der Waals surface area contributed by atoms with Gasteiger partial charge in [-0.05, 0) is 69.4 Å². The van der Waals surface area contributed by atoms with E-state index in [1.807, 2.05) is 18.2 Å². The van der Waals surface area contributed by atoms with Gasteiger partial charge in [-0.3, -0.25) is 0 Å². The summed E-state index contributed by atoms with van der Waals surface area (Å²) in [4.78, 5) is 2.60. The van der Waals surface area contributed by atoms with Gasteiger partial charge in [-0.15, -0.1) is 0 Å². The van der Waals surface area contributed by atoms with E-state index in [2.05, 4.69) is 4.90 Å². The third-order valence-corrected chi connectivity index (χ3v) is 4.39. The Kier molecular flexibility index (Phi) is 8.26. The minimum Gasteiger partial charge on any atom is -0.497 e. The highest BCUT2D eigenvalue weighted by molar-refractivity contribution is 5.38. The molecule has 1 aliphatic rings. The first-order valence-corrected chi connectivity index (χ1v) is 8.84. The van der Waals surface area contributed by atoms with Gasteiger partial charge in [0.2, 0.25) is 0 Å². The predicted octanol–water partition coefficient (Wildman–Crippen LogP) is 3.88. The lowest BCUT2D eigenvalue weighted by Gasteiger charge is -2.26. The van der Waals surface area contributed by atoms with Crippen molar-refractivity contribution in [2.75, 3.05) is 40.5 Å². The Bertz CT molecular complexity index is 422. The van der Waals surface area contributed by atoms with Crippen LogP contribution in [0.2, 0.25) is 0 Å². The van der Waals surface area contributed by atoms with Gasteiger partial charge in [-0.25, -0.2) is 0 Å². The Balaban J connectivity index is 1.56. The lowest BCUT2D eigenvalue weighted by molar-refractivity contribution is 0.115. The number of hydrogen-bond acceptors (Lipinski definition) is 4. The van der Waals surface area contributed by atoms with Gasteiger partial charge in [-0.2, -0.15) is 0 Å². The van der Waals surface area contributed by atoms with Gasteiger partial charge in [0.25, 0.3) is 0 Å². The Morgan fingerprint density at radius 2 is 1.57 bits per heavy atom. The fourth-order valence-corrected chi connectivity index (χ4v) is 3.04. The largest absolute Gasteiger partial charge is 0.497 e. The number of hydrogen-bond donors (Lipinski definition) is 0. The lowest BCUT2D eigenvalue weighted by atomic mass is 10.1. The zero-order valence-electron chi connectivity index (χ0n) is 14.7. The summed E-state index contributed by atoms with van der Waals surface area (Å²) in [6.07, 6.45) is 7.85. The molecule has 0 bridgehead atoms. The van der Waals surface area contributed by atoms with E-state index in [-0.39, 0.29) is 0 Å². The van der Waals surface area contributed by atoms with E-state index in [0.29, 0.717) is 6.61 Å². The number of rotatable bonds is 10. The van der Waals surface area contributed by atoms with Crippen molar-refractivity contribution in [2.45, 2.75) is 45.1 Å². The highest BCUT2D eigenvalue weighted by atomic mass is 16.5. The molecule has 0 aromatic heterocycles. The molecule has 1 aromatic rings. The van der Waals surface area contributed by atoms with Crippen LogP contribution < -0.4 is 9.47 Å². The number of benzene rings is 1. The summed E-state index contributed by atoms with van der Waals surface area (Å²) in [5.41, 5.74) is 1.09. The number of nitrogens with zero attached hydrogens (tertiary/aromatic N) is 1. The molecule has 1 aliphatic heterocycles. The average Bonchev–Trinajstić information content (AvgIpc) is 2.61. The summed E-state index contributed by atoms with van der Waals surface area (Å²) in [5.74, 6) is 1.62. The maximum atomic E-state index is 5.79. The van der Waals surface area contributed by atoms with Crippen molar-refractivity contribution in [1.82, 2.24) is 4.90 Å². The highest BCUT2D eigenvalue weighted by Gasteiger charge is 2.08. The van der Waals surface area contributed by atoms with Gasteiger partial charge >= 0.3 is 0 Å². The molecular weight excluding hydrogens is 290 g/mol. The molecule has 1 aromatic carbocycles. The normalized spacial score (nSPS) is 15.6. The summed E-state index contributed by atoms with van der Waals surface area (Å²) >= 11 is 0. The quantitative estimate of drug-likeness (QED) is 0.612. The van der Waals surface area contributed by atoms with Gasteiger partial charge < -0.3 is 19.1 Å². The molecule has 0 unspecified atom stereocenters. The maximum absolute atomic E-state index is 5.79. The topological polar surface area (TPSA) is 30.9 Å². The Labute approximate surface area is 140 Å². The maximum Gasteiger partial charge on any atom is 0.122 e. The monoisotopic (exact) mass is 321 g/mol. The van der Waals surface area contributed by atoms with Gasteiger partial charge in [0.05, 0.1) is 20.8 Å². The van der Waals surface area contributed by atoms with Crippen LogP contribution in [0.25, 0.3) is 0 Å². The van der Waals surface area contributed by atoms with E-state index < -0.39 is 0 Å². The second-order valence-corrected chi connectivity index (χ2v) is 6.24. The highest BCUT2D eigenvalue weighted by Crippen LogP contribution is 2.23. The Morgan fingerprint density at radius 3 is 2.22 bits per heavy atom. The molecule has 1 fully saturated rings. The SMILES string of the molecule is COc1cc(COCCCCCN2CCCCC2)cc(OC)c1. The van der Waals surface area contributed by atoms with E-state index in [4.69, 9.17) is 14.2 Å². The van der Waals surface area contributed by atoms with Crippen LogP contribution in [0, 0.1) is 0 Å². The van der Waals surface area contributed by atoms with E-state index in [1.165, 1.54) is 51.7 Å². The molecule has 0 atom stereocenters. The second-order valence-electron chi connectivity index (χ2n) is 6.24. The van der Waals surface area contributed by atoms with Crippen molar-refractivity contribution in [3.63, 3.8) is 0 Å². The molecule has 1 saturated heterocycles. The van der Waals surface area contributed by atoms with Crippen molar-refractivity contribution < 1.29 is 14.2 Å². The summed E-state index contributed by atoms with van der Waals surface area (Å²) in [5, 5.41) is 0.